The zero-order chi connectivity index (χ0) is 19.2. The van der Waals surface area contributed by atoms with Crippen molar-refractivity contribution in [2.24, 2.45) is 4.99 Å². The molecule has 5 nitrogen and oxygen atoms in total. The van der Waals surface area contributed by atoms with Crippen molar-refractivity contribution >= 4 is 16.9 Å². The maximum Gasteiger partial charge on any atom is 0.191 e. The maximum absolute atomic E-state index is 5.31. The van der Waals surface area contributed by atoms with Crippen LogP contribution in [0.25, 0.3) is 10.9 Å². The number of aryl methyl sites for hydroxylation is 2. The van der Waals surface area contributed by atoms with Gasteiger partial charge in [-0.05, 0) is 54.7 Å². The van der Waals surface area contributed by atoms with Gasteiger partial charge in [0.05, 0.1) is 7.11 Å². The second-order valence-corrected chi connectivity index (χ2v) is 6.77. The van der Waals surface area contributed by atoms with Gasteiger partial charge in [0.25, 0.3) is 0 Å². The zero-order valence-corrected chi connectivity index (χ0v) is 16.5. The Labute approximate surface area is 160 Å². The highest BCUT2D eigenvalue weighted by Crippen LogP contribution is 2.20. The van der Waals surface area contributed by atoms with E-state index in [9.17, 15) is 0 Å². The van der Waals surface area contributed by atoms with E-state index in [0.717, 1.165) is 36.8 Å². The smallest absolute Gasteiger partial charge is 0.191 e. The highest BCUT2D eigenvalue weighted by atomic mass is 16.5. The van der Waals surface area contributed by atoms with Crippen molar-refractivity contribution in [1.29, 1.82) is 0 Å². The Balaban J connectivity index is 1.52. The number of guanidine groups is 1. The van der Waals surface area contributed by atoms with Crippen LogP contribution in [0.2, 0.25) is 0 Å². The van der Waals surface area contributed by atoms with Gasteiger partial charge >= 0.3 is 0 Å². The summed E-state index contributed by atoms with van der Waals surface area (Å²) >= 11 is 0. The van der Waals surface area contributed by atoms with E-state index in [-0.39, 0.29) is 0 Å². The Morgan fingerprint density at radius 1 is 1.11 bits per heavy atom. The highest BCUT2D eigenvalue weighted by Gasteiger charge is 2.05. The van der Waals surface area contributed by atoms with E-state index in [0.29, 0.717) is 0 Å². The number of aromatic nitrogens is 1. The van der Waals surface area contributed by atoms with E-state index >= 15 is 0 Å². The summed E-state index contributed by atoms with van der Waals surface area (Å²) in [7, 11) is 3.49. The summed E-state index contributed by atoms with van der Waals surface area (Å²) in [5, 5.41) is 8.05. The number of aromatic amines is 1. The Morgan fingerprint density at radius 2 is 1.96 bits per heavy atom. The van der Waals surface area contributed by atoms with Crippen LogP contribution >= 0.6 is 0 Å². The van der Waals surface area contributed by atoms with E-state index in [4.69, 9.17) is 4.74 Å². The Bertz CT molecular complexity index is 943. The highest BCUT2D eigenvalue weighted by molar-refractivity contribution is 5.84. The van der Waals surface area contributed by atoms with E-state index in [1.165, 1.54) is 27.6 Å². The molecule has 3 aromatic rings. The fourth-order valence-electron chi connectivity index (χ4n) is 3.28. The minimum absolute atomic E-state index is 0.719. The molecule has 3 N–H and O–H groups in total. The Morgan fingerprint density at radius 3 is 2.70 bits per heavy atom. The predicted molar refractivity (Wildman–Crippen MR) is 113 cm³/mol. The fourth-order valence-corrected chi connectivity index (χ4v) is 3.28. The molecule has 0 spiro atoms. The number of aliphatic imine (C=N–C) groups is 1. The van der Waals surface area contributed by atoms with E-state index < -0.39 is 0 Å². The maximum atomic E-state index is 5.31. The van der Waals surface area contributed by atoms with Crippen molar-refractivity contribution in [3.05, 3.63) is 64.8 Å². The molecular formula is C22H28N4O. The van der Waals surface area contributed by atoms with Crippen molar-refractivity contribution in [3.8, 4) is 5.75 Å². The van der Waals surface area contributed by atoms with Crippen LogP contribution in [0, 0.1) is 13.8 Å². The average Bonchev–Trinajstić information content (AvgIpc) is 3.06. The van der Waals surface area contributed by atoms with Crippen LogP contribution in [0.15, 0.2) is 47.6 Å². The number of methoxy groups -OCH3 is 1. The molecule has 0 bridgehead atoms. The minimum atomic E-state index is 0.719. The van der Waals surface area contributed by atoms with Gasteiger partial charge in [-0.25, -0.2) is 0 Å². The Kier molecular flexibility index (Phi) is 6.01. The molecule has 5 heteroatoms. The van der Waals surface area contributed by atoms with Crippen LogP contribution in [-0.4, -0.2) is 31.6 Å². The molecule has 0 saturated carbocycles. The lowest BCUT2D eigenvalue weighted by molar-refractivity contribution is 0.411. The second-order valence-electron chi connectivity index (χ2n) is 6.77. The molecule has 0 fully saturated rings. The molecule has 0 aliphatic rings. The van der Waals surface area contributed by atoms with Crippen LogP contribution in [0.5, 0.6) is 5.75 Å². The summed E-state index contributed by atoms with van der Waals surface area (Å²) in [5.41, 5.74) is 6.12. The third kappa shape index (κ3) is 4.61. The molecule has 0 atom stereocenters. The predicted octanol–water partition coefficient (Wildman–Crippen LogP) is 3.70. The van der Waals surface area contributed by atoms with Gasteiger partial charge < -0.3 is 20.4 Å². The first-order valence-electron chi connectivity index (χ1n) is 9.25. The van der Waals surface area contributed by atoms with Crippen molar-refractivity contribution < 1.29 is 4.74 Å². The van der Waals surface area contributed by atoms with Gasteiger partial charge in [-0.15, -0.1) is 0 Å². The number of H-pyrrole nitrogens is 1. The monoisotopic (exact) mass is 364 g/mol. The second kappa shape index (κ2) is 8.62. The minimum Gasteiger partial charge on any atom is -0.496 e. The first-order chi connectivity index (χ1) is 13.1. The molecule has 0 unspecified atom stereocenters. The fraction of sp³-hybridized carbons (Fsp3) is 0.318. The third-order valence-corrected chi connectivity index (χ3v) is 4.75. The van der Waals surface area contributed by atoms with Crippen molar-refractivity contribution in [3.63, 3.8) is 0 Å². The molecule has 0 aliphatic carbocycles. The summed E-state index contributed by atoms with van der Waals surface area (Å²) in [5.74, 6) is 1.72. The normalized spacial score (nSPS) is 11.6. The van der Waals surface area contributed by atoms with Gasteiger partial charge in [-0.2, -0.15) is 0 Å². The number of hydrogen-bond donors (Lipinski definition) is 3. The van der Waals surface area contributed by atoms with Crippen molar-refractivity contribution in [1.82, 2.24) is 15.6 Å². The average molecular weight is 364 g/mol. The molecule has 3 rings (SSSR count). The number of nitrogens with zero attached hydrogens (tertiary/aromatic N) is 1. The molecule has 1 heterocycles. The van der Waals surface area contributed by atoms with E-state index in [1.807, 2.05) is 6.07 Å². The van der Waals surface area contributed by atoms with Crippen LogP contribution < -0.4 is 15.4 Å². The van der Waals surface area contributed by atoms with Gasteiger partial charge in [-0.3, -0.25) is 4.99 Å². The number of fused-ring (bicyclic) bond motifs is 1. The molecule has 27 heavy (non-hydrogen) atoms. The van der Waals surface area contributed by atoms with E-state index in [1.54, 1.807) is 14.2 Å². The molecule has 0 aliphatic heterocycles. The number of ether oxygens (including phenoxy) is 1. The summed E-state index contributed by atoms with van der Waals surface area (Å²) in [6, 6.07) is 12.7. The van der Waals surface area contributed by atoms with Crippen LogP contribution in [0.4, 0.5) is 0 Å². The lowest BCUT2D eigenvalue weighted by atomic mass is 10.1. The number of hydrogen-bond acceptors (Lipinski definition) is 2. The SMILES string of the molecule is CN=C(NCCc1c[nH]c2cc(C)ccc12)NCc1ccc(OC)c(C)c1. The summed E-state index contributed by atoms with van der Waals surface area (Å²) in [4.78, 5) is 7.67. The number of rotatable bonds is 6. The van der Waals surface area contributed by atoms with Gasteiger partial charge in [-0.1, -0.05) is 24.3 Å². The molecule has 0 amide bonds. The lowest BCUT2D eigenvalue weighted by Gasteiger charge is -2.13. The topological polar surface area (TPSA) is 61.4 Å². The lowest BCUT2D eigenvalue weighted by Crippen LogP contribution is -2.37. The zero-order valence-electron chi connectivity index (χ0n) is 16.5. The molecule has 2 aromatic carbocycles. The van der Waals surface area contributed by atoms with Gasteiger partial charge in [0, 0.05) is 37.2 Å². The van der Waals surface area contributed by atoms with Gasteiger partial charge in [0.15, 0.2) is 5.96 Å². The van der Waals surface area contributed by atoms with Gasteiger partial charge in [0.1, 0.15) is 5.75 Å². The van der Waals surface area contributed by atoms with Gasteiger partial charge in [0.2, 0.25) is 0 Å². The Hall–Kier alpha value is -2.95. The largest absolute Gasteiger partial charge is 0.496 e. The molecule has 0 saturated heterocycles. The molecule has 142 valence electrons. The van der Waals surface area contributed by atoms with Crippen LogP contribution in [0.3, 0.4) is 0 Å². The van der Waals surface area contributed by atoms with Crippen molar-refractivity contribution in [2.45, 2.75) is 26.8 Å². The van der Waals surface area contributed by atoms with Crippen LogP contribution in [0.1, 0.15) is 22.3 Å². The summed E-state index contributed by atoms with van der Waals surface area (Å²) in [6.45, 7) is 5.71. The first-order valence-corrected chi connectivity index (χ1v) is 9.25. The standard InChI is InChI=1S/C22H28N4O/c1-15-5-7-19-18(14-25-20(19)11-15)9-10-24-22(23-3)26-13-17-6-8-21(27-4)16(2)12-17/h5-8,11-12,14,25H,9-10,13H2,1-4H3,(H2,23,24,26). The summed E-state index contributed by atoms with van der Waals surface area (Å²) in [6.07, 6.45) is 3.04. The number of benzene rings is 2. The molecule has 0 radical (unpaired) electrons. The quantitative estimate of drug-likeness (QED) is 0.462. The van der Waals surface area contributed by atoms with Crippen molar-refractivity contribution in [2.75, 3.05) is 20.7 Å². The third-order valence-electron chi connectivity index (χ3n) is 4.75. The molecule has 1 aromatic heterocycles. The summed E-state index contributed by atoms with van der Waals surface area (Å²) < 4.78 is 5.31. The van der Waals surface area contributed by atoms with E-state index in [2.05, 4.69) is 71.0 Å². The molecular weight excluding hydrogens is 336 g/mol. The first kappa shape index (κ1) is 18.8. The number of nitrogens with one attached hydrogen (secondary N) is 3. The van der Waals surface area contributed by atoms with Crippen LogP contribution in [-0.2, 0) is 13.0 Å².